The first-order valence-corrected chi connectivity index (χ1v) is 6.01. The quantitative estimate of drug-likeness (QED) is 0.824. The number of nitrogens with one attached hydrogen (secondary N) is 1. The van der Waals surface area contributed by atoms with Crippen LogP contribution in [-0.4, -0.2) is 7.11 Å². The molecule has 2 aromatic rings. The minimum atomic E-state index is 0.545. The molecule has 0 bridgehead atoms. The first-order chi connectivity index (χ1) is 8.58. The molecule has 3 nitrogen and oxygen atoms in total. The summed E-state index contributed by atoms with van der Waals surface area (Å²) in [6, 6.07) is 10.6. The molecule has 2 rings (SSSR count). The van der Waals surface area contributed by atoms with Crippen LogP contribution in [0.4, 0.5) is 17.1 Å². The van der Waals surface area contributed by atoms with Crippen LogP contribution in [0.5, 0.6) is 5.75 Å². The van der Waals surface area contributed by atoms with Crippen LogP contribution in [0, 0.1) is 0 Å². The van der Waals surface area contributed by atoms with Gasteiger partial charge in [-0.25, -0.2) is 0 Å². The maximum absolute atomic E-state index is 6.08. The third-order valence-electron chi connectivity index (χ3n) is 2.37. The van der Waals surface area contributed by atoms with E-state index in [4.69, 9.17) is 33.7 Å². The first-order valence-electron chi connectivity index (χ1n) is 5.25. The molecule has 0 saturated heterocycles. The van der Waals surface area contributed by atoms with Crippen LogP contribution < -0.4 is 15.8 Å². The zero-order valence-corrected chi connectivity index (χ0v) is 11.2. The average Bonchev–Trinajstić information content (AvgIpc) is 2.32. The third-order valence-corrected chi connectivity index (χ3v) is 2.92. The predicted octanol–water partition coefficient (Wildman–Crippen LogP) is 4.33. The summed E-state index contributed by atoms with van der Waals surface area (Å²) in [6.07, 6.45) is 0. The molecule has 2 aromatic carbocycles. The number of halogens is 2. The second kappa shape index (κ2) is 5.38. The van der Waals surface area contributed by atoms with Crippen molar-refractivity contribution in [3.8, 4) is 5.75 Å². The number of hydrogen-bond donors (Lipinski definition) is 2. The fourth-order valence-electron chi connectivity index (χ4n) is 1.56. The number of nitrogen functional groups attached to an aromatic ring is 1. The molecule has 0 heterocycles. The lowest BCUT2D eigenvalue weighted by molar-refractivity contribution is 0.415. The SMILES string of the molecule is COc1cc(N)cc(Nc2ccc(Cl)cc2Cl)c1. The molecular formula is C13H12Cl2N2O. The summed E-state index contributed by atoms with van der Waals surface area (Å²) >= 11 is 11.9. The van der Waals surface area contributed by atoms with E-state index in [1.54, 1.807) is 37.4 Å². The monoisotopic (exact) mass is 282 g/mol. The highest BCUT2D eigenvalue weighted by Gasteiger charge is 2.04. The van der Waals surface area contributed by atoms with Crippen molar-refractivity contribution in [1.29, 1.82) is 0 Å². The maximum atomic E-state index is 6.08. The molecule has 0 radical (unpaired) electrons. The Morgan fingerprint density at radius 2 is 1.89 bits per heavy atom. The number of anilines is 3. The van der Waals surface area contributed by atoms with Crippen LogP contribution in [0.25, 0.3) is 0 Å². The Morgan fingerprint density at radius 1 is 1.11 bits per heavy atom. The van der Waals surface area contributed by atoms with Crippen LogP contribution in [0.2, 0.25) is 10.0 Å². The molecule has 3 N–H and O–H groups in total. The number of nitrogens with two attached hydrogens (primary N) is 1. The highest BCUT2D eigenvalue weighted by molar-refractivity contribution is 6.36. The number of methoxy groups -OCH3 is 1. The molecule has 0 aliphatic heterocycles. The highest BCUT2D eigenvalue weighted by atomic mass is 35.5. The lowest BCUT2D eigenvalue weighted by Gasteiger charge is -2.11. The Kier molecular flexibility index (Phi) is 3.84. The molecular weight excluding hydrogens is 271 g/mol. The Balaban J connectivity index is 2.30. The molecule has 0 aromatic heterocycles. The van der Waals surface area contributed by atoms with Gasteiger partial charge < -0.3 is 15.8 Å². The van der Waals surface area contributed by atoms with Gasteiger partial charge in [0.15, 0.2) is 0 Å². The molecule has 0 aliphatic carbocycles. The summed E-state index contributed by atoms with van der Waals surface area (Å²) in [5.41, 5.74) is 7.95. The summed E-state index contributed by atoms with van der Waals surface area (Å²) < 4.78 is 5.15. The summed E-state index contributed by atoms with van der Waals surface area (Å²) in [5, 5.41) is 4.30. The largest absolute Gasteiger partial charge is 0.497 e. The Morgan fingerprint density at radius 3 is 2.56 bits per heavy atom. The van der Waals surface area contributed by atoms with E-state index in [0.717, 1.165) is 11.4 Å². The standard InChI is InChI=1S/C13H12Cl2N2O/c1-18-11-6-9(16)5-10(7-11)17-13-3-2-8(14)4-12(13)15/h2-7,17H,16H2,1H3. The third kappa shape index (κ3) is 3.00. The van der Waals surface area contributed by atoms with Crippen molar-refractivity contribution in [2.24, 2.45) is 0 Å². The van der Waals surface area contributed by atoms with Crippen LogP contribution in [0.3, 0.4) is 0 Å². The lowest BCUT2D eigenvalue weighted by Crippen LogP contribution is -1.95. The molecule has 0 unspecified atom stereocenters. The van der Waals surface area contributed by atoms with Gasteiger partial charge in [-0.2, -0.15) is 0 Å². The van der Waals surface area contributed by atoms with Crippen LogP contribution in [0.1, 0.15) is 0 Å². The topological polar surface area (TPSA) is 47.3 Å². The van der Waals surface area contributed by atoms with Gasteiger partial charge >= 0.3 is 0 Å². The van der Waals surface area contributed by atoms with E-state index in [-0.39, 0.29) is 0 Å². The summed E-state index contributed by atoms with van der Waals surface area (Å²) in [7, 11) is 1.59. The van der Waals surface area contributed by atoms with Gasteiger partial charge in [0, 0.05) is 28.5 Å². The molecule has 0 fully saturated rings. The molecule has 94 valence electrons. The van der Waals surface area contributed by atoms with Gasteiger partial charge in [-0.15, -0.1) is 0 Å². The molecule has 0 saturated carbocycles. The van der Waals surface area contributed by atoms with Crippen molar-refractivity contribution >= 4 is 40.3 Å². The number of rotatable bonds is 3. The number of hydrogen-bond acceptors (Lipinski definition) is 3. The van der Waals surface area contributed by atoms with Gasteiger partial charge in [-0.05, 0) is 24.3 Å². The van der Waals surface area contributed by atoms with Crippen molar-refractivity contribution in [2.75, 3.05) is 18.2 Å². The van der Waals surface area contributed by atoms with E-state index in [0.29, 0.717) is 21.5 Å². The second-order valence-corrected chi connectivity index (χ2v) is 4.59. The Labute approximate surface area is 115 Å². The maximum Gasteiger partial charge on any atom is 0.122 e. The van der Waals surface area contributed by atoms with Gasteiger partial charge in [-0.3, -0.25) is 0 Å². The van der Waals surface area contributed by atoms with E-state index in [2.05, 4.69) is 5.32 Å². The van der Waals surface area contributed by atoms with E-state index in [1.165, 1.54) is 0 Å². The molecule has 18 heavy (non-hydrogen) atoms. The van der Waals surface area contributed by atoms with Crippen molar-refractivity contribution < 1.29 is 4.74 Å². The normalized spacial score (nSPS) is 10.2. The molecule has 0 amide bonds. The molecule has 0 aliphatic rings. The average molecular weight is 283 g/mol. The minimum Gasteiger partial charge on any atom is -0.497 e. The summed E-state index contributed by atoms with van der Waals surface area (Å²) in [6.45, 7) is 0. The van der Waals surface area contributed by atoms with Crippen molar-refractivity contribution in [1.82, 2.24) is 0 Å². The summed E-state index contributed by atoms with van der Waals surface area (Å²) in [4.78, 5) is 0. The van der Waals surface area contributed by atoms with E-state index >= 15 is 0 Å². The van der Waals surface area contributed by atoms with E-state index < -0.39 is 0 Å². The predicted molar refractivity (Wildman–Crippen MR) is 77.2 cm³/mol. The smallest absolute Gasteiger partial charge is 0.122 e. The van der Waals surface area contributed by atoms with Gasteiger partial charge in [-0.1, -0.05) is 23.2 Å². The van der Waals surface area contributed by atoms with Crippen molar-refractivity contribution in [3.63, 3.8) is 0 Å². The minimum absolute atomic E-state index is 0.545. The van der Waals surface area contributed by atoms with Gasteiger partial charge in [0.2, 0.25) is 0 Å². The van der Waals surface area contributed by atoms with Gasteiger partial charge in [0.1, 0.15) is 5.75 Å². The number of benzene rings is 2. The molecule has 5 heteroatoms. The fraction of sp³-hybridized carbons (Fsp3) is 0.0769. The van der Waals surface area contributed by atoms with E-state index in [9.17, 15) is 0 Å². The van der Waals surface area contributed by atoms with E-state index in [1.807, 2.05) is 6.07 Å². The Hall–Kier alpha value is -1.58. The van der Waals surface area contributed by atoms with Crippen LogP contribution in [0.15, 0.2) is 36.4 Å². The lowest BCUT2D eigenvalue weighted by atomic mass is 10.2. The fourth-order valence-corrected chi connectivity index (χ4v) is 2.01. The highest BCUT2D eigenvalue weighted by Crippen LogP contribution is 2.30. The molecule has 0 atom stereocenters. The Bertz CT molecular complexity index is 573. The van der Waals surface area contributed by atoms with Crippen molar-refractivity contribution in [3.05, 3.63) is 46.4 Å². The molecule has 0 spiro atoms. The number of ether oxygens (including phenoxy) is 1. The van der Waals surface area contributed by atoms with Crippen LogP contribution >= 0.6 is 23.2 Å². The zero-order chi connectivity index (χ0) is 13.1. The van der Waals surface area contributed by atoms with Gasteiger partial charge in [0.25, 0.3) is 0 Å². The van der Waals surface area contributed by atoms with Crippen molar-refractivity contribution in [2.45, 2.75) is 0 Å². The first kappa shape index (κ1) is 12.9. The second-order valence-electron chi connectivity index (χ2n) is 3.74. The summed E-state index contributed by atoms with van der Waals surface area (Å²) in [5.74, 6) is 0.683. The van der Waals surface area contributed by atoms with Crippen LogP contribution in [-0.2, 0) is 0 Å². The van der Waals surface area contributed by atoms with Gasteiger partial charge in [0.05, 0.1) is 17.8 Å². The zero-order valence-electron chi connectivity index (χ0n) is 9.71.